The maximum absolute atomic E-state index is 14.5. The van der Waals surface area contributed by atoms with Crippen molar-refractivity contribution in [3.63, 3.8) is 0 Å². The van der Waals surface area contributed by atoms with E-state index in [0.717, 1.165) is 5.57 Å². The van der Waals surface area contributed by atoms with Crippen molar-refractivity contribution in [3.05, 3.63) is 47.6 Å². The normalized spacial score (nSPS) is 38.1. The van der Waals surface area contributed by atoms with Crippen molar-refractivity contribution >= 4 is 23.4 Å². The van der Waals surface area contributed by atoms with Crippen LogP contribution in [0.1, 0.15) is 112 Å². The summed E-state index contributed by atoms with van der Waals surface area (Å²) in [4.78, 5) is 58.2. The van der Waals surface area contributed by atoms with Crippen molar-refractivity contribution in [1.29, 1.82) is 0 Å². The molecule has 1 saturated carbocycles. The minimum absolute atomic E-state index is 0.0170. The van der Waals surface area contributed by atoms with Crippen LogP contribution in [0.2, 0.25) is 0 Å². The van der Waals surface area contributed by atoms with E-state index in [9.17, 15) is 34.5 Å². The van der Waals surface area contributed by atoms with Crippen LogP contribution in [-0.2, 0) is 42.9 Å². The number of cyclic esters (lactones) is 1. The molecule has 14 atom stereocenters. The van der Waals surface area contributed by atoms with Gasteiger partial charge in [0.1, 0.15) is 41.6 Å². The van der Waals surface area contributed by atoms with Gasteiger partial charge in [-0.2, -0.15) is 0 Å². The molecule has 5 rings (SSSR count). The number of amides is 1. The van der Waals surface area contributed by atoms with Crippen LogP contribution >= 0.6 is 0 Å². The number of fused-ring (bicyclic) bond motifs is 3. The van der Waals surface area contributed by atoms with E-state index < -0.39 is 77.8 Å². The van der Waals surface area contributed by atoms with Crippen LogP contribution in [0.4, 0.5) is 0 Å². The molecule has 2 saturated heterocycles. The largest absolute Gasteiger partial charge is 0.508 e. The maximum atomic E-state index is 14.5. The zero-order valence-corrected chi connectivity index (χ0v) is 38.8. The molecule has 0 aromatic heterocycles. The highest BCUT2D eigenvalue weighted by atomic mass is 16.7. The predicted molar refractivity (Wildman–Crippen MR) is 235 cm³/mol. The van der Waals surface area contributed by atoms with Gasteiger partial charge in [-0.15, -0.1) is 0 Å². The second kappa shape index (κ2) is 22.5. The lowest BCUT2D eigenvalue weighted by molar-refractivity contribution is -0.302. The lowest BCUT2D eigenvalue weighted by Gasteiger charge is -2.47. The minimum atomic E-state index is -2.51. The Morgan fingerprint density at radius 1 is 0.921 bits per heavy atom. The van der Waals surface area contributed by atoms with E-state index in [0.29, 0.717) is 62.7 Å². The fourth-order valence-corrected chi connectivity index (χ4v) is 10.2. The van der Waals surface area contributed by atoms with Gasteiger partial charge in [0.25, 0.3) is 11.7 Å². The number of Topliss-reactive ketones (excluding diaryl/α,β-unsaturated/α-hetero) is 2. The number of ether oxygens (including phenoxy) is 6. The summed E-state index contributed by atoms with van der Waals surface area (Å²) in [6.07, 6.45) is 4.16. The molecule has 2 bridgehead atoms. The van der Waals surface area contributed by atoms with Gasteiger partial charge >= 0.3 is 5.97 Å². The smallest absolute Gasteiger partial charge is 0.329 e. The highest BCUT2D eigenvalue weighted by Gasteiger charge is 2.56. The molecule has 1 aliphatic carbocycles. The first-order valence-corrected chi connectivity index (χ1v) is 23.0. The molecule has 1 aromatic rings. The third-order valence-electron chi connectivity index (χ3n) is 14.0. The Balaban J connectivity index is 1.49. The minimum Gasteiger partial charge on any atom is -0.508 e. The summed E-state index contributed by atoms with van der Waals surface area (Å²) in [5.41, 5.74) is 1.66. The molecular formula is C49H73NO13. The molecule has 63 heavy (non-hydrogen) atoms. The standard InChI is InChI=1S/C49H73NO13/c1-10-34-21-28(2)20-29(3)22-42(59-8)45-43(60-9)24-31(5)49(57,63-45)46(54)47(55)50-19-12-11-16-37(50)48(56)62-44(32(6)38(52)27-39(34)53)30(4)23-33-17-18-40(41(25-33)58-7)61-36-15-13-14-35(51)26-36/h13-15,21,23,26,29,31-34,37-38,40-45,51-52,57H,10-12,16-20,22,24-25,27H2,1-9H3/b28-21+,30-23+/t29-,31+,32+,33-,34+,37-,38-,40+,41+,42-,43-,44+,45+,49+/m0/s1. The number of carbonyl (C=O) groups is 4. The first-order chi connectivity index (χ1) is 29.9. The van der Waals surface area contributed by atoms with Gasteiger partial charge in [-0.25, -0.2) is 4.79 Å². The van der Waals surface area contributed by atoms with Crippen LogP contribution < -0.4 is 4.74 Å². The summed E-state index contributed by atoms with van der Waals surface area (Å²) in [6.45, 7) is 11.3. The number of aliphatic hydroxyl groups excluding tert-OH is 1. The predicted octanol–water partition coefficient (Wildman–Crippen LogP) is 6.27. The monoisotopic (exact) mass is 884 g/mol. The lowest BCUT2D eigenvalue weighted by Crippen LogP contribution is -2.64. The summed E-state index contributed by atoms with van der Waals surface area (Å²) in [6, 6.07) is 5.49. The summed E-state index contributed by atoms with van der Waals surface area (Å²) in [5, 5.41) is 33.9. The topological polar surface area (TPSA) is 188 Å². The highest BCUT2D eigenvalue weighted by Crippen LogP contribution is 2.39. The molecule has 4 aliphatic rings. The van der Waals surface area contributed by atoms with Crippen molar-refractivity contribution < 1.29 is 62.9 Å². The van der Waals surface area contributed by atoms with Crippen LogP contribution in [0, 0.1) is 29.6 Å². The van der Waals surface area contributed by atoms with Crippen molar-refractivity contribution in [2.45, 2.75) is 167 Å². The van der Waals surface area contributed by atoms with Gasteiger partial charge in [-0.3, -0.25) is 14.4 Å². The summed E-state index contributed by atoms with van der Waals surface area (Å²) < 4.78 is 36.5. The van der Waals surface area contributed by atoms with Crippen molar-refractivity contribution in [2.24, 2.45) is 29.6 Å². The molecule has 3 aliphatic heterocycles. The second-order valence-corrected chi connectivity index (χ2v) is 18.7. The van der Waals surface area contributed by atoms with E-state index in [-0.39, 0.29) is 61.4 Å². The molecule has 3 heterocycles. The molecule has 3 N–H and O–H groups in total. The van der Waals surface area contributed by atoms with Crippen LogP contribution in [0.5, 0.6) is 11.5 Å². The molecule has 1 aromatic carbocycles. The van der Waals surface area contributed by atoms with Crippen LogP contribution in [0.25, 0.3) is 0 Å². The fraction of sp³-hybridized carbons (Fsp3) is 0.714. The Hall–Kier alpha value is -3.66. The van der Waals surface area contributed by atoms with E-state index in [2.05, 4.69) is 6.92 Å². The number of nitrogens with zero attached hydrogens (tertiary/aromatic N) is 1. The molecule has 0 spiro atoms. The summed E-state index contributed by atoms with van der Waals surface area (Å²) >= 11 is 0. The molecule has 1 amide bonds. The van der Waals surface area contributed by atoms with E-state index in [1.54, 1.807) is 45.2 Å². The number of phenols is 1. The van der Waals surface area contributed by atoms with E-state index >= 15 is 0 Å². The lowest BCUT2D eigenvalue weighted by atomic mass is 9.81. The number of phenolic OH excluding ortho intramolecular Hbond substituents is 1. The number of rotatable bonds is 8. The number of benzene rings is 1. The van der Waals surface area contributed by atoms with Crippen molar-refractivity contribution in [1.82, 2.24) is 4.90 Å². The van der Waals surface area contributed by atoms with Gasteiger partial charge in [0, 0.05) is 58.1 Å². The zero-order chi connectivity index (χ0) is 46.2. The van der Waals surface area contributed by atoms with Gasteiger partial charge in [0.05, 0.1) is 24.4 Å². The van der Waals surface area contributed by atoms with E-state index in [1.165, 1.54) is 19.1 Å². The van der Waals surface area contributed by atoms with Crippen LogP contribution in [0.15, 0.2) is 47.6 Å². The molecule has 0 radical (unpaired) electrons. The summed E-state index contributed by atoms with van der Waals surface area (Å²) in [5.74, 6) is -6.97. The van der Waals surface area contributed by atoms with Crippen molar-refractivity contribution in [3.8, 4) is 11.5 Å². The third-order valence-corrected chi connectivity index (χ3v) is 14.0. The van der Waals surface area contributed by atoms with E-state index in [4.69, 9.17) is 28.4 Å². The molecule has 0 unspecified atom stereocenters. The van der Waals surface area contributed by atoms with Gasteiger partial charge in [0.15, 0.2) is 0 Å². The van der Waals surface area contributed by atoms with Gasteiger partial charge < -0.3 is 48.6 Å². The number of methoxy groups -OCH3 is 3. The number of hydrogen-bond donors (Lipinski definition) is 3. The zero-order valence-electron chi connectivity index (χ0n) is 38.8. The fourth-order valence-electron chi connectivity index (χ4n) is 10.2. The third kappa shape index (κ3) is 12.2. The van der Waals surface area contributed by atoms with Gasteiger partial charge in [0.2, 0.25) is 5.79 Å². The number of allylic oxidation sites excluding steroid dienone is 3. The van der Waals surface area contributed by atoms with Crippen molar-refractivity contribution in [2.75, 3.05) is 27.9 Å². The SMILES string of the molecule is CC[C@@H]1/C=C(\C)C[C@H](C)C[C@H](OC)[C@H]2O[C@@](O)(C(=O)C(=O)N3CCCC[C@H]3C(=O)O[C@H](/C(C)=C/[C@@H]3CC[C@@H](Oc4cccc(O)c4)[C@H](OC)C3)[C@H](C)[C@@H](O)CC1=O)[C@H](C)C[C@@H]2OC. The Kier molecular flexibility index (Phi) is 18.0. The van der Waals surface area contributed by atoms with Crippen LogP contribution in [0.3, 0.4) is 0 Å². The number of hydrogen-bond acceptors (Lipinski definition) is 13. The first-order valence-electron chi connectivity index (χ1n) is 23.0. The maximum Gasteiger partial charge on any atom is 0.329 e. The number of carbonyl (C=O) groups excluding carboxylic acids is 4. The van der Waals surface area contributed by atoms with E-state index in [1.807, 2.05) is 32.9 Å². The average molecular weight is 884 g/mol. The van der Waals surface area contributed by atoms with Gasteiger partial charge in [-0.05, 0) is 108 Å². The second-order valence-electron chi connectivity index (χ2n) is 18.7. The number of aromatic hydroxyl groups is 1. The number of piperidine rings is 1. The Labute approximate surface area is 373 Å². The van der Waals surface area contributed by atoms with Crippen LogP contribution in [-0.4, -0.2) is 126 Å². The molecule has 3 fully saturated rings. The number of aliphatic hydroxyl groups is 2. The first kappa shape index (κ1) is 50.3. The Morgan fingerprint density at radius 2 is 1.62 bits per heavy atom. The molecule has 352 valence electrons. The number of ketones is 2. The molecular weight excluding hydrogens is 811 g/mol. The Morgan fingerprint density at radius 3 is 2.29 bits per heavy atom. The highest BCUT2D eigenvalue weighted by molar-refractivity contribution is 6.39. The number of esters is 1. The van der Waals surface area contributed by atoms with Gasteiger partial charge in [-0.1, -0.05) is 51.5 Å². The quantitative estimate of drug-likeness (QED) is 0.151. The average Bonchev–Trinajstić information content (AvgIpc) is 3.26. The molecule has 14 nitrogen and oxygen atoms in total. The molecule has 14 heteroatoms. The summed E-state index contributed by atoms with van der Waals surface area (Å²) in [7, 11) is 4.69. The Bertz CT molecular complexity index is 1800.